The third-order valence-electron chi connectivity index (χ3n) is 2.74. The van der Waals surface area contributed by atoms with Crippen molar-refractivity contribution in [1.82, 2.24) is 15.3 Å². The van der Waals surface area contributed by atoms with Gasteiger partial charge in [-0.25, -0.2) is 14.4 Å². The Balaban J connectivity index is 2.39. The number of benzene rings is 1. The number of halogens is 1. The Morgan fingerprint density at radius 1 is 1.26 bits per heavy atom. The summed E-state index contributed by atoms with van der Waals surface area (Å²) in [5, 5.41) is 3.11. The molecule has 0 aliphatic rings. The molecule has 4 nitrogen and oxygen atoms in total. The van der Waals surface area contributed by atoms with E-state index in [1.165, 1.54) is 13.2 Å². The van der Waals surface area contributed by atoms with Crippen LogP contribution in [0.15, 0.2) is 30.6 Å². The maximum Gasteiger partial charge on any atom is 0.240 e. The summed E-state index contributed by atoms with van der Waals surface area (Å²) < 4.78 is 18.9. The molecule has 0 unspecified atom stereocenters. The smallest absolute Gasteiger partial charge is 0.240 e. The first-order chi connectivity index (χ1) is 9.26. The van der Waals surface area contributed by atoms with E-state index < -0.39 is 0 Å². The van der Waals surface area contributed by atoms with Gasteiger partial charge in [0.25, 0.3) is 0 Å². The standard InChI is InChI=1S/C14H16FN3O/c1-3-16-9-11-8-10(4-5-12(11)15)13-14(19-2)18-7-6-17-13/h4-8,16H,3,9H2,1-2H3. The zero-order valence-corrected chi connectivity index (χ0v) is 11.0. The molecule has 19 heavy (non-hydrogen) atoms. The first kappa shape index (κ1) is 13.4. The minimum Gasteiger partial charge on any atom is -0.479 e. The second kappa shape index (κ2) is 6.24. The van der Waals surface area contributed by atoms with Gasteiger partial charge in [-0.3, -0.25) is 0 Å². The molecule has 1 aromatic carbocycles. The number of methoxy groups -OCH3 is 1. The van der Waals surface area contributed by atoms with Crippen molar-refractivity contribution in [2.75, 3.05) is 13.7 Å². The minimum absolute atomic E-state index is 0.229. The lowest BCUT2D eigenvalue weighted by atomic mass is 10.1. The average Bonchev–Trinajstić information content (AvgIpc) is 2.46. The monoisotopic (exact) mass is 261 g/mol. The fourth-order valence-corrected chi connectivity index (χ4v) is 1.79. The highest BCUT2D eigenvalue weighted by molar-refractivity contribution is 5.64. The SMILES string of the molecule is CCNCc1cc(-c2nccnc2OC)ccc1F. The van der Waals surface area contributed by atoms with E-state index in [1.54, 1.807) is 24.5 Å². The van der Waals surface area contributed by atoms with Gasteiger partial charge in [-0.15, -0.1) is 0 Å². The van der Waals surface area contributed by atoms with Crippen LogP contribution in [-0.2, 0) is 6.54 Å². The second-order valence-corrected chi connectivity index (χ2v) is 4.00. The van der Waals surface area contributed by atoms with Gasteiger partial charge in [-0.2, -0.15) is 0 Å². The molecule has 0 bridgehead atoms. The van der Waals surface area contributed by atoms with Gasteiger partial charge < -0.3 is 10.1 Å². The molecule has 0 radical (unpaired) electrons. The highest BCUT2D eigenvalue weighted by atomic mass is 19.1. The summed E-state index contributed by atoms with van der Waals surface area (Å²) in [6.07, 6.45) is 3.15. The molecular formula is C14H16FN3O. The highest BCUT2D eigenvalue weighted by Gasteiger charge is 2.10. The van der Waals surface area contributed by atoms with Crippen LogP contribution < -0.4 is 10.1 Å². The summed E-state index contributed by atoms with van der Waals surface area (Å²) in [7, 11) is 1.54. The topological polar surface area (TPSA) is 47.0 Å². The molecule has 0 saturated carbocycles. The van der Waals surface area contributed by atoms with E-state index in [9.17, 15) is 4.39 Å². The predicted molar refractivity (Wildman–Crippen MR) is 71.4 cm³/mol. The van der Waals surface area contributed by atoms with Crippen molar-refractivity contribution in [3.8, 4) is 17.1 Å². The molecule has 100 valence electrons. The van der Waals surface area contributed by atoms with E-state index in [2.05, 4.69) is 15.3 Å². The Kier molecular flexibility index (Phi) is 4.41. The maximum atomic E-state index is 13.7. The van der Waals surface area contributed by atoms with Gasteiger partial charge in [0.15, 0.2) is 0 Å². The van der Waals surface area contributed by atoms with E-state index in [-0.39, 0.29) is 5.82 Å². The van der Waals surface area contributed by atoms with E-state index >= 15 is 0 Å². The summed E-state index contributed by atoms with van der Waals surface area (Å²) in [5.41, 5.74) is 2.01. The lowest BCUT2D eigenvalue weighted by molar-refractivity contribution is 0.397. The Hall–Kier alpha value is -2.01. The van der Waals surface area contributed by atoms with Crippen molar-refractivity contribution in [1.29, 1.82) is 0 Å². The van der Waals surface area contributed by atoms with Crippen LogP contribution in [0.1, 0.15) is 12.5 Å². The molecule has 1 heterocycles. The van der Waals surface area contributed by atoms with Gasteiger partial charge in [0.1, 0.15) is 11.5 Å². The minimum atomic E-state index is -0.229. The maximum absolute atomic E-state index is 13.7. The van der Waals surface area contributed by atoms with Crippen molar-refractivity contribution in [2.24, 2.45) is 0 Å². The largest absolute Gasteiger partial charge is 0.479 e. The lowest BCUT2D eigenvalue weighted by Gasteiger charge is -2.09. The summed E-state index contributed by atoms with van der Waals surface area (Å²) in [6.45, 7) is 3.25. The van der Waals surface area contributed by atoms with E-state index in [4.69, 9.17) is 4.74 Å². The average molecular weight is 261 g/mol. The predicted octanol–water partition coefficient (Wildman–Crippen LogP) is 2.40. The third kappa shape index (κ3) is 3.06. The highest BCUT2D eigenvalue weighted by Crippen LogP contribution is 2.26. The molecule has 1 aromatic heterocycles. The quantitative estimate of drug-likeness (QED) is 0.897. The number of rotatable bonds is 5. The third-order valence-corrected chi connectivity index (χ3v) is 2.74. The summed E-state index contributed by atoms with van der Waals surface area (Å²) >= 11 is 0. The molecule has 5 heteroatoms. The number of ether oxygens (including phenoxy) is 1. The van der Waals surface area contributed by atoms with Crippen molar-refractivity contribution < 1.29 is 9.13 Å². The first-order valence-corrected chi connectivity index (χ1v) is 6.10. The van der Waals surface area contributed by atoms with Gasteiger partial charge in [-0.1, -0.05) is 6.92 Å². The fraction of sp³-hybridized carbons (Fsp3) is 0.286. The van der Waals surface area contributed by atoms with Crippen LogP contribution in [0, 0.1) is 5.82 Å². The Labute approximate surface area is 111 Å². The molecule has 2 aromatic rings. The number of hydrogen-bond donors (Lipinski definition) is 1. The van der Waals surface area contributed by atoms with Crippen molar-refractivity contribution in [3.63, 3.8) is 0 Å². The normalized spacial score (nSPS) is 10.5. The fourth-order valence-electron chi connectivity index (χ4n) is 1.79. The van der Waals surface area contributed by atoms with E-state index in [0.29, 0.717) is 23.7 Å². The molecular weight excluding hydrogens is 245 g/mol. The van der Waals surface area contributed by atoms with Crippen molar-refractivity contribution in [2.45, 2.75) is 13.5 Å². The van der Waals surface area contributed by atoms with Crippen LogP contribution in [0.4, 0.5) is 4.39 Å². The van der Waals surface area contributed by atoms with Crippen molar-refractivity contribution >= 4 is 0 Å². The molecule has 0 fully saturated rings. The van der Waals surface area contributed by atoms with Gasteiger partial charge >= 0.3 is 0 Å². The molecule has 0 aliphatic carbocycles. The molecule has 0 amide bonds. The summed E-state index contributed by atoms with van der Waals surface area (Å²) in [6, 6.07) is 4.89. The molecule has 0 spiro atoms. The Morgan fingerprint density at radius 2 is 2.05 bits per heavy atom. The van der Waals surface area contributed by atoms with E-state index in [0.717, 1.165) is 12.1 Å². The first-order valence-electron chi connectivity index (χ1n) is 6.10. The van der Waals surface area contributed by atoms with E-state index in [1.807, 2.05) is 6.92 Å². The summed E-state index contributed by atoms with van der Waals surface area (Å²) in [5.74, 6) is 0.205. The Morgan fingerprint density at radius 3 is 2.79 bits per heavy atom. The lowest BCUT2D eigenvalue weighted by Crippen LogP contribution is -2.13. The van der Waals surface area contributed by atoms with Gasteiger partial charge in [0, 0.05) is 30.1 Å². The molecule has 0 aliphatic heterocycles. The van der Waals surface area contributed by atoms with Gasteiger partial charge in [0.2, 0.25) is 5.88 Å². The molecule has 2 rings (SSSR count). The number of hydrogen-bond acceptors (Lipinski definition) is 4. The number of nitrogens with zero attached hydrogens (tertiary/aromatic N) is 2. The second-order valence-electron chi connectivity index (χ2n) is 4.00. The molecule has 1 N–H and O–H groups in total. The zero-order valence-electron chi connectivity index (χ0n) is 11.0. The Bertz CT molecular complexity index is 560. The van der Waals surface area contributed by atoms with Crippen molar-refractivity contribution in [3.05, 3.63) is 42.0 Å². The number of aromatic nitrogens is 2. The van der Waals surface area contributed by atoms with Crippen LogP contribution in [-0.4, -0.2) is 23.6 Å². The summed E-state index contributed by atoms with van der Waals surface area (Å²) in [4.78, 5) is 8.33. The van der Waals surface area contributed by atoms with Crippen LogP contribution in [0.2, 0.25) is 0 Å². The van der Waals surface area contributed by atoms with Crippen LogP contribution in [0.25, 0.3) is 11.3 Å². The molecule has 0 saturated heterocycles. The van der Waals surface area contributed by atoms with Crippen LogP contribution in [0.5, 0.6) is 5.88 Å². The van der Waals surface area contributed by atoms with Crippen LogP contribution >= 0.6 is 0 Å². The molecule has 0 atom stereocenters. The van der Waals surface area contributed by atoms with Gasteiger partial charge in [-0.05, 0) is 24.7 Å². The van der Waals surface area contributed by atoms with Gasteiger partial charge in [0.05, 0.1) is 7.11 Å². The van der Waals surface area contributed by atoms with Crippen LogP contribution in [0.3, 0.4) is 0 Å². The number of nitrogens with one attached hydrogen (secondary N) is 1. The zero-order chi connectivity index (χ0) is 13.7.